The number of carbonyl (C=O) groups is 2. The number of rotatable bonds is 5. The van der Waals surface area contributed by atoms with Gasteiger partial charge in [0, 0.05) is 57.8 Å². The van der Waals surface area contributed by atoms with Gasteiger partial charge in [0.05, 0.1) is 44.7 Å². The summed E-state index contributed by atoms with van der Waals surface area (Å²) < 4.78 is 2.03. The van der Waals surface area contributed by atoms with Crippen LogP contribution in [0.2, 0.25) is 0 Å². The second-order valence-electron chi connectivity index (χ2n) is 12.4. The van der Waals surface area contributed by atoms with Crippen LogP contribution in [0.3, 0.4) is 0 Å². The van der Waals surface area contributed by atoms with E-state index < -0.39 is 11.8 Å². The van der Waals surface area contributed by atoms with E-state index in [1.165, 1.54) is 17.3 Å². The van der Waals surface area contributed by atoms with Gasteiger partial charge in [-0.05, 0) is 47.5 Å². The van der Waals surface area contributed by atoms with Crippen molar-refractivity contribution in [2.45, 2.75) is 0 Å². The van der Waals surface area contributed by atoms with Gasteiger partial charge >= 0.3 is 0 Å². The number of aromatic nitrogens is 3. The van der Waals surface area contributed by atoms with E-state index in [0.717, 1.165) is 55.2 Å². The fourth-order valence-electron chi connectivity index (χ4n) is 7.26. The van der Waals surface area contributed by atoms with Crippen LogP contribution in [-0.4, -0.2) is 26.3 Å². The highest BCUT2D eigenvalue weighted by molar-refractivity contribution is 6.36. The van der Waals surface area contributed by atoms with E-state index in [2.05, 4.69) is 22.1 Å². The molecular formula is C44H24N6O2. The molecule has 8 aromatic rings. The maximum Gasteiger partial charge on any atom is 0.268 e. The van der Waals surface area contributed by atoms with Crippen LogP contribution < -0.4 is 4.90 Å². The van der Waals surface area contributed by atoms with Gasteiger partial charge in [0.25, 0.3) is 11.8 Å². The van der Waals surface area contributed by atoms with Crippen LogP contribution in [0.25, 0.3) is 60.9 Å². The number of para-hydroxylation sites is 2. The Kier molecular flexibility index (Phi) is 7.03. The van der Waals surface area contributed by atoms with Crippen LogP contribution in [0.5, 0.6) is 0 Å². The molecule has 8 heteroatoms. The minimum absolute atomic E-state index is 0.272. The highest BCUT2D eigenvalue weighted by Gasteiger charge is 2.39. The molecule has 1 aliphatic heterocycles. The first kappa shape index (κ1) is 30.4. The maximum atomic E-state index is 14.7. The molecule has 0 aliphatic carbocycles. The van der Waals surface area contributed by atoms with E-state index in [9.17, 15) is 20.1 Å². The largest absolute Gasteiger partial charge is 0.307 e. The van der Waals surface area contributed by atoms with Gasteiger partial charge in [0.15, 0.2) is 0 Å². The number of benzene rings is 5. The minimum atomic E-state index is -0.438. The number of anilines is 1. The third-order valence-electron chi connectivity index (χ3n) is 9.51. The van der Waals surface area contributed by atoms with E-state index in [0.29, 0.717) is 28.1 Å². The maximum absolute atomic E-state index is 14.7. The topological polar surface area (TPSA) is 116 Å². The second-order valence-corrected chi connectivity index (χ2v) is 12.4. The molecule has 0 atom stereocenters. The summed E-state index contributed by atoms with van der Waals surface area (Å²) in [6.07, 6.45) is 6.46. The number of pyridine rings is 2. The number of carbonyl (C=O) groups excluding carboxylic acids is 2. The number of hydrogen-bond acceptors (Lipinski definition) is 6. The number of fused-ring (bicyclic) bond motifs is 4. The van der Waals surface area contributed by atoms with Crippen LogP contribution >= 0.6 is 0 Å². The Balaban J connectivity index is 1.34. The Morgan fingerprint density at radius 2 is 1.06 bits per heavy atom. The Bertz CT molecular complexity index is 2760. The summed E-state index contributed by atoms with van der Waals surface area (Å²) >= 11 is 0. The highest BCUT2D eigenvalue weighted by Crippen LogP contribution is 2.44. The van der Waals surface area contributed by atoms with Gasteiger partial charge in [-0.3, -0.25) is 19.6 Å². The zero-order valence-corrected chi connectivity index (χ0v) is 27.4. The van der Waals surface area contributed by atoms with Crippen molar-refractivity contribution in [3.63, 3.8) is 0 Å². The Hall–Kier alpha value is -7.68. The van der Waals surface area contributed by atoms with Gasteiger partial charge in [-0.2, -0.15) is 10.5 Å². The predicted molar refractivity (Wildman–Crippen MR) is 200 cm³/mol. The number of amides is 2. The average molecular weight is 669 g/mol. The normalized spacial score (nSPS) is 12.2. The minimum Gasteiger partial charge on any atom is -0.307 e. The Morgan fingerprint density at radius 1 is 0.500 bits per heavy atom. The first-order valence-electron chi connectivity index (χ1n) is 16.5. The first-order valence-corrected chi connectivity index (χ1v) is 16.5. The van der Waals surface area contributed by atoms with E-state index in [-0.39, 0.29) is 5.56 Å². The summed E-state index contributed by atoms with van der Waals surface area (Å²) in [6, 6.07) is 42.4. The summed E-state index contributed by atoms with van der Waals surface area (Å²) in [6.45, 7) is 0. The SMILES string of the molecule is N#Cc1cncc(-c2cccc3c4cccc(-c5cncc(C#N)c5)c4n(-c4cccc5c4C(=O)N(c4cccc(-c6ccccc6)c4)C5=O)c23)c1. The van der Waals surface area contributed by atoms with Crippen molar-refractivity contribution in [2.75, 3.05) is 4.90 Å². The van der Waals surface area contributed by atoms with E-state index in [1.54, 1.807) is 42.7 Å². The average Bonchev–Trinajstić information content (AvgIpc) is 3.69. The molecule has 8 nitrogen and oxygen atoms in total. The third-order valence-corrected chi connectivity index (χ3v) is 9.51. The predicted octanol–water partition coefficient (Wildman–Crippen LogP) is 9.12. The second kappa shape index (κ2) is 12.0. The molecule has 0 fully saturated rings. The molecular weight excluding hydrogens is 645 g/mol. The van der Waals surface area contributed by atoms with Crippen molar-refractivity contribution in [1.82, 2.24) is 14.5 Å². The summed E-state index contributed by atoms with van der Waals surface area (Å²) in [7, 11) is 0. The van der Waals surface area contributed by atoms with Crippen molar-refractivity contribution in [3.8, 4) is 51.2 Å². The first-order chi connectivity index (χ1) is 25.6. The highest BCUT2D eigenvalue weighted by atomic mass is 16.2. The lowest BCUT2D eigenvalue weighted by molar-refractivity contribution is 0.0926. The summed E-state index contributed by atoms with van der Waals surface area (Å²) in [5.74, 6) is -0.850. The molecule has 0 saturated carbocycles. The van der Waals surface area contributed by atoms with Crippen LogP contribution in [0, 0.1) is 22.7 Å². The van der Waals surface area contributed by atoms with Crippen molar-refractivity contribution >= 4 is 39.3 Å². The van der Waals surface area contributed by atoms with Crippen molar-refractivity contribution in [3.05, 3.63) is 168 Å². The standard InChI is InChI=1S/C44H24N6O2/c45-21-27-18-31(25-47-23-27)34-12-5-14-36-37-15-6-13-35(32-19-28(22-46)24-48-26-32)42(37)50(41(34)36)39-17-7-16-38-40(39)44(52)49(43(38)51)33-11-4-10-30(20-33)29-8-2-1-3-9-29/h1-20,23-26H. The van der Waals surface area contributed by atoms with Crippen molar-refractivity contribution in [2.24, 2.45) is 0 Å². The van der Waals surface area contributed by atoms with Gasteiger partial charge in [0.2, 0.25) is 0 Å². The van der Waals surface area contributed by atoms with Gasteiger partial charge in [0.1, 0.15) is 12.1 Å². The summed E-state index contributed by atoms with van der Waals surface area (Å²) in [5.41, 5.74) is 8.78. The molecule has 3 aromatic heterocycles. The van der Waals surface area contributed by atoms with Crippen LogP contribution in [0.4, 0.5) is 5.69 Å². The molecule has 9 rings (SSSR count). The van der Waals surface area contributed by atoms with Gasteiger partial charge in [-0.15, -0.1) is 0 Å². The van der Waals surface area contributed by atoms with E-state index in [4.69, 9.17) is 0 Å². The van der Waals surface area contributed by atoms with Crippen LogP contribution in [0.1, 0.15) is 31.8 Å². The molecule has 242 valence electrons. The summed E-state index contributed by atoms with van der Waals surface area (Å²) in [4.78, 5) is 38.9. The molecule has 0 N–H and O–H groups in total. The van der Waals surface area contributed by atoms with Crippen LogP contribution in [-0.2, 0) is 0 Å². The molecule has 1 aliphatic rings. The van der Waals surface area contributed by atoms with Crippen molar-refractivity contribution < 1.29 is 9.59 Å². The number of hydrogen-bond donors (Lipinski definition) is 0. The quantitative estimate of drug-likeness (QED) is 0.169. The molecule has 0 radical (unpaired) electrons. The van der Waals surface area contributed by atoms with Crippen molar-refractivity contribution in [1.29, 1.82) is 10.5 Å². The molecule has 4 heterocycles. The number of nitrogens with zero attached hydrogens (tertiary/aromatic N) is 6. The molecule has 0 bridgehead atoms. The van der Waals surface area contributed by atoms with Gasteiger partial charge in [-0.25, -0.2) is 4.90 Å². The number of imide groups is 1. The number of nitriles is 2. The van der Waals surface area contributed by atoms with Gasteiger partial charge in [-0.1, -0.05) is 84.9 Å². The monoisotopic (exact) mass is 668 g/mol. The molecule has 0 saturated heterocycles. The lowest BCUT2D eigenvalue weighted by Gasteiger charge is -2.17. The lowest BCUT2D eigenvalue weighted by Crippen LogP contribution is -2.29. The van der Waals surface area contributed by atoms with E-state index in [1.807, 2.05) is 95.6 Å². The Morgan fingerprint density at radius 3 is 1.67 bits per heavy atom. The smallest absolute Gasteiger partial charge is 0.268 e. The summed E-state index contributed by atoms with van der Waals surface area (Å²) in [5, 5.41) is 21.3. The Labute approximate surface area is 297 Å². The molecule has 2 amide bonds. The molecule has 52 heavy (non-hydrogen) atoms. The van der Waals surface area contributed by atoms with Crippen LogP contribution in [0.15, 0.2) is 146 Å². The van der Waals surface area contributed by atoms with E-state index >= 15 is 0 Å². The molecule has 0 spiro atoms. The zero-order valence-electron chi connectivity index (χ0n) is 27.4. The fraction of sp³-hybridized carbons (Fsp3) is 0. The lowest BCUT2D eigenvalue weighted by atomic mass is 10.0. The molecule has 0 unspecified atom stereocenters. The zero-order chi connectivity index (χ0) is 35.3. The van der Waals surface area contributed by atoms with Gasteiger partial charge < -0.3 is 4.57 Å². The fourth-order valence-corrected chi connectivity index (χ4v) is 7.26. The third kappa shape index (κ3) is 4.68. The molecule has 5 aromatic carbocycles.